The molecule has 2 N–H and O–H groups in total. The van der Waals surface area contributed by atoms with E-state index < -0.39 is 12.1 Å². The van der Waals surface area contributed by atoms with Crippen molar-refractivity contribution >= 4 is 33.2 Å². The lowest BCUT2D eigenvalue weighted by atomic mass is 9.89. The number of allylic oxidation sites excluding steroid dienone is 4. The summed E-state index contributed by atoms with van der Waals surface area (Å²) in [7, 11) is 0. The molecule has 0 amide bonds. The Labute approximate surface area is 174 Å². The third kappa shape index (κ3) is 5.52. The van der Waals surface area contributed by atoms with E-state index >= 15 is 0 Å². The minimum Gasteiger partial charge on any atom is -0.481 e. The Hall–Kier alpha value is -2.50. The molecule has 1 aromatic carbocycles. The molecule has 0 bridgehead atoms. The molecule has 3 atom stereocenters. The summed E-state index contributed by atoms with van der Waals surface area (Å²) in [5.41, 5.74) is 0.888. The largest absolute Gasteiger partial charge is 0.481 e. The summed E-state index contributed by atoms with van der Waals surface area (Å²) in [5, 5.41) is 20.4. The molecule has 3 rings (SSSR count). The topological polar surface area (TPSA) is 74.6 Å². The number of aliphatic hydroxyl groups is 1. The van der Waals surface area contributed by atoms with Crippen molar-refractivity contribution in [3.8, 4) is 0 Å². The monoisotopic (exact) mass is 410 g/mol. The first-order valence-electron chi connectivity index (χ1n) is 9.87. The number of hydrogen-bond donors (Lipinski definition) is 2. The molecule has 0 radical (unpaired) electrons. The summed E-state index contributed by atoms with van der Waals surface area (Å²) in [6.45, 7) is 4.06. The molecule has 0 saturated heterocycles. The zero-order valence-electron chi connectivity index (χ0n) is 16.3. The number of aliphatic hydroxyl groups excluding tert-OH is 1. The standard InChI is InChI=1S/C24H26O4S/c1-16-14-21(26)19(9-4-2-3-5-11-24(27)28)18(16)12-13-20(25)23-15-17-8-6-7-10-22(17)29-23/h2,4,6-8,10,12-13,15,18-20,25H,1,3,5,9,11,14H2,(H,27,28)/t18-,19+,20?/m0/s1. The van der Waals surface area contributed by atoms with Gasteiger partial charge in [-0.25, -0.2) is 0 Å². The van der Waals surface area contributed by atoms with E-state index in [1.165, 1.54) is 0 Å². The second-order valence-electron chi connectivity index (χ2n) is 7.44. The predicted octanol–water partition coefficient (Wildman–Crippen LogP) is 5.45. The quantitative estimate of drug-likeness (QED) is 0.426. The van der Waals surface area contributed by atoms with E-state index in [0.29, 0.717) is 25.7 Å². The summed E-state index contributed by atoms with van der Waals surface area (Å²) in [5.74, 6) is -0.849. The molecule has 0 aliphatic heterocycles. The van der Waals surface area contributed by atoms with Crippen LogP contribution in [0, 0.1) is 11.8 Å². The fourth-order valence-electron chi connectivity index (χ4n) is 3.71. The van der Waals surface area contributed by atoms with Crippen molar-refractivity contribution in [1.82, 2.24) is 0 Å². The van der Waals surface area contributed by atoms with Crippen LogP contribution in [-0.4, -0.2) is 22.0 Å². The number of aliphatic carboxylic acids is 1. The zero-order chi connectivity index (χ0) is 20.8. The Balaban J connectivity index is 1.62. The molecule has 1 aromatic heterocycles. The number of carbonyl (C=O) groups is 2. The Morgan fingerprint density at radius 3 is 2.86 bits per heavy atom. The molecule has 4 nitrogen and oxygen atoms in total. The highest BCUT2D eigenvalue weighted by Crippen LogP contribution is 2.37. The van der Waals surface area contributed by atoms with E-state index in [9.17, 15) is 14.7 Å². The number of carboxylic acids is 1. The second-order valence-corrected chi connectivity index (χ2v) is 8.56. The van der Waals surface area contributed by atoms with E-state index in [1.54, 1.807) is 17.4 Å². The molecule has 1 saturated carbocycles. The van der Waals surface area contributed by atoms with Crippen LogP contribution in [0.5, 0.6) is 0 Å². The van der Waals surface area contributed by atoms with Gasteiger partial charge in [0.1, 0.15) is 11.9 Å². The van der Waals surface area contributed by atoms with Gasteiger partial charge in [-0.05, 0) is 36.8 Å². The highest BCUT2D eigenvalue weighted by molar-refractivity contribution is 7.19. The molecule has 2 aromatic rings. The smallest absolute Gasteiger partial charge is 0.303 e. The van der Waals surface area contributed by atoms with Crippen molar-refractivity contribution in [3.05, 3.63) is 71.7 Å². The van der Waals surface area contributed by atoms with Crippen LogP contribution in [0.15, 0.2) is 66.8 Å². The second kappa shape index (κ2) is 9.81. The molecule has 5 heteroatoms. The van der Waals surface area contributed by atoms with Crippen molar-refractivity contribution in [2.24, 2.45) is 11.8 Å². The number of carbonyl (C=O) groups excluding carboxylic acids is 1. The van der Waals surface area contributed by atoms with Crippen LogP contribution >= 0.6 is 11.3 Å². The lowest BCUT2D eigenvalue weighted by molar-refractivity contribution is -0.137. The van der Waals surface area contributed by atoms with Gasteiger partial charge in [0.2, 0.25) is 0 Å². The number of Topliss-reactive ketones (excluding diaryl/α,β-unsaturated/α-hetero) is 1. The molecule has 29 heavy (non-hydrogen) atoms. The SMILES string of the molecule is C=C1CC(=O)[C@H](CC=CCCCC(=O)O)[C@H]1C=CC(O)c1cc2ccccc2s1. The Bertz CT molecular complexity index is 920. The first kappa shape index (κ1) is 21.2. The van der Waals surface area contributed by atoms with Crippen LogP contribution in [0.1, 0.15) is 43.1 Å². The zero-order valence-corrected chi connectivity index (χ0v) is 17.1. The average molecular weight is 411 g/mol. The lowest BCUT2D eigenvalue weighted by Gasteiger charge is -2.14. The predicted molar refractivity (Wildman–Crippen MR) is 117 cm³/mol. The normalized spacial score (nSPS) is 21.0. The Morgan fingerprint density at radius 2 is 2.10 bits per heavy atom. The fraction of sp³-hybridized carbons (Fsp3) is 0.333. The number of carboxylic acid groups (broad SMARTS) is 1. The molecule has 1 aliphatic rings. The third-order valence-electron chi connectivity index (χ3n) is 5.27. The van der Waals surface area contributed by atoms with Gasteiger partial charge in [0, 0.05) is 34.3 Å². The van der Waals surface area contributed by atoms with Gasteiger partial charge in [-0.2, -0.15) is 0 Å². The van der Waals surface area contributed by atoms with Crippen LogP contribution in [0.4, 0.5) is 0 Å². The molecule has 1 unspecified atom stereocenters. The fourth-order valence-corrected chi connectivity index (χ4v) is 4.74. The van der Waals surface area contributed by atoms with Gasteiger partial charge in [0.25, 0.3) is 0 Å². The molecule has 1 heterocycles. The van der Waals surface area contributed by atoms with Crippen LogP contribution in [0.3, 0.4) is 0 Å². The van der Waals surface area contributed by atoms with Crippen LogP contribution in [0.2, 0.25) is 0 Å². The van der Waals surface area contributed by atoms with Crippen molar-refractivity contribution in [2.45, 2.75) is 38.2 Å². The number of thiophene rings is 1. The summed E-state index contributed by atoms with van der Waals surface area (Å²) in [6, 6.07) is 10.0. The highest BCUT2D eigenvalue weighted by atomic mass is 32.1. The summed E-state index contributed by atoms with van der Waals surface area (Å²) in [4.78, 5) is 23.8. The van der Waals surface area contributed by atoms with Gasteiger partial charge in [-0.15, -0.1) is 11.3 Å². The van der Waals surface area contributed by atoms with Crippen molar-refractivity contribution in [2.75, 3.05) is 0 Å². The maximum atomic E-state index is 12.4. The lowest BCUT2D eigenvalue weighted by Crippen LogP contribution is -2.13. The van der Waals surface area contributed by atoms with E-state index in [2.05, 4.69) is 6.58 Å². The molecular weight excluding hydrogens is 384 g/mol. The summed E-state index contributed by atoms with van der Waals surface area (Å²) >= 11 is 1.57. The molecule has 0 spiro atoms. The van der Waals surface area contributed by atoms with Gasteiger partial charge < -0.3 is 10.2 Å². The maximum absolute atomic E-state index is 12.4. The van der Waals surface area contributed by atoms with Gasteiger partial charge in [0.15, 0.2) is 0 Å². The van der Waals surface area contributed by atoms with Gasteiger partial charge >= 0.3 is 5.97 Å². The maximum Gasteiger partial charge on any atom is 0.303 e. The number of ketones is 1. The van der Waals surface area contributed by atoms with Gasteiger partial charge in [-0.1, -0.05) is 54.7 Å². The number of benzene rings is 1. The number of hydrogen-bond acceptors (Lipinski definition) is 4. The number of rotatable bonds is 9. The average Bonchev–Trinajstić information content (AvgIpc) is 3.23. The van der Waals surface area contributed by atoms with E-state index in [1.807, 2.05) is 48.6 Å². The van der Waals surface area contributed by atoms with Gasteiger partial charge in [-0.3, -0.25) is 9.59 Å². The first-order chi connectivity index (χ1) is 14.0. The number of unbranched alkanes of at least 4 members (excludes halogenated alkanes) is 1. The van der Waals surface area contributed by atoms with Crippen LogP contribution in [0.25, 0.3) is 10.1 Å². The Morgan fingerprint density at radius 1 is 1.31 bits per heavy atom. The van der Waals surface area contributed by atoms with Crippen molar-refractivity contribution in [3.63, 3.8) is 0 Å². The Kier molecular flexibility index (Phi) is 7.18. The van der Waals surface area contributed by atoms with E-state index in [4.69, 9.17) is 5.11 Å². The molecular formula is C24H26O4S. The van der Waals surface area contributed by atoms with Crippen molar-refractivity contribution in [1.29, 1.82) is 0 Å². The summed E-state index contributed by atoms with van der Waals surface area (Å²) in [6.07, 6.45) is 9.34. The van der Waals surface area contributed by atoms with Crippen LogP contribution in [-0.2, 0) is 9.59 Å². The van der Waals surface area contributed by atoms with E-state index in [-0.39, 0.29) is 24.0 Å². The molecule has 1 aliphatic carbocycles. The summed E-state index contributed by atoms with van der Waals surface area (Å²) < 4.78 is 1.14. The molecule has 152 valence electrons. The third-order valence-corrected chi connectivity index (χ3v) is 6.46. The van der Waals surface area contributed by atoms with E-state index in [0.717, 1.165) is 20.5 Å². The van der Waals surface area contributed by atoms with Gasteiger partial charge in [0.05, 0.1) is 0 Å². The molecule has 1 fully saturated rings. The number of fused-ring (bicyclic) bond motifs is 1. The van der Waals surface area contributed by atoms with Crippen molar-refractivity contribution < 1.29 is 19.8 Å². The van der Waals surface area contributed by atoms with Crippen LogP contribution < -0.4 is 0 Å². The minimum absolute atomic E-state index is 0.0739. The minimum atomic E-state index is -0.789. The first-order valence-corrected chi connectivity index (χ1v) is 10.7. The highest BCUT2D eigenvalue weighted by Gasteiger charge is 2.34.